The molecule has 1 saturated heterocycles. The third kappa shape index (κ3) is 5.66. The first kappa shape index (κ1) is 19.7. The van der Waals surface area contributed by atoms with Crippen molar-refractivity contribution in [3.05, 3.63) is 23.9 Å². The number of carbonyl (C=O) groups is 1. The number of hydrogen-bond acceptors (Lipinski definition) is 4. The highest BCUT2D eigenvalue weighted by atomic mass is 35.5. The van der Waals surface area contributed by atoms with Crippen LogP contribution in [0.25, 0.3) is 0 Å². The molecule has 5 nitrogen and oxygen atoms in total. The summed E-state index contributed by atoms with van der Waals surface area (Å²) in [5.41, 5.74) is 7.02. The first-order valence-corrected chi connectivity index (χ1v) is 8.35. The lowest BCUT2D eigenvalue weighted by molar-refractivity contribution is -0.123. The first-order valence-electron chi connectivity index (χ1n) is 8.35. The van der Waals surface area contributed by atoms with Gasteiger partial charge >= 0.3 is 0 Å². The van der Waals surface area contributed by atoms with Crippen LogP contribution in [0.5, 0.6) is 0 Å². The molecule has 0 bridgehead atoms. The van der Waals surface area contributed by atoms with Crippen LogP contribution in [-0.4, -0.2) is 30.0 Å². The van der Waals surface area contributed by atoms with Gasteiger partial charge in [-0.1, -0.05) is 20.3 Å². The molecule has 1 aromatic heterocycles. The molecule has 3 N–H and O–H groups in total. The van der Waals surface area contributed by atoms with Crippen LogP contribution in [0.2, 0.25) is 0 Å². The Bertz CT molecular complexity index is 491. The zero-order chi connectivity index (χ0) is 15.9. The van der Waals surface area contributed by atoms with E-state index in [9.17, 15) is 4.79 Å². The van der Waals surface area contributed by atoms with E-state index in [2.05, 4.69) is 21.3 Å². The fourth-order valence-corrected chi connectivity index (χ4v) is 2.69. The number of halogens is 1. The van der Waals surface area contributed by atoms with Crippen LogP contribution in [0, 0.1) is 5.92 Å². The van der Waals surface area contributed by atoms with E-state index >= 15 is 0 Å². The SMILES string of the molecule is CCC(C)C(N)C(=O)NCc1ccnc(N2CCCCC2)c1.Cl. The number of rotatable bonds is 6. The third-order valence-corrected chi connectivity index (χ3v) is 4.52. The molecule has 2 atom stereocenters. The van der Waals surface area contributed by atoms with Crippen molar-refractivity contribution >= 4 is 24.1 Å². The fraction of sp³-hybridized carbons (Fsp3) is 0.647. The highest BCUT2D eigenvalue weighted by Crippen LogP contribution is 2.18. The monoisotopic (exact) mass is 340 g/mol. The van der Waals surface area contributed by atoms with Crippen LogP contribution in [0.3, 0.4) is 0 Å². The summed E-state index contributed by atoms with van der Waals surface area (Å²) in [6, 6.07) is 3.58. The number of pyridine rings is 1. The lowest BCUT2D eigenvalue weighted by Gasteiger charge is -2.28. The normalized spacial score (nSPS) is 17.1. The molecule has 1 aromatic rings. The summed E-state index contributed by atoms with van der Waals surface area (Å²) in [5.74, 6) is 1.13. The van der Waals surface area contributed by atoms with Crippen molar-refractivity contribution in [3.63, 3.8) is 0 Å². The number of nitrogens with zero attached hydrogens (tertiary/aromatic N) is 2. The van der Waals surface area contributed by atoms with E-state index in [0.717, 1.165) is 30.9 Å². The van der Waals surface area contributed by atoms with Crippen molar-refractivity contribution < 1.29 is 4.79 Å². The summed E-state index contributed by atoms with van der Waals surface area (Å²) >= 11 is 0. The average Bonchev–Trinajstić information content (AvgIpc) is 2.59. The second kappa shape index (κ2) is 9.73. The molecule has 0 spiro atoms. The first-order chi connectivity index (χ1) is 10.6. The van der Waals surface area contributed by atoms with E-state index in [-0.39, 0.29) is 24.2 Å². The van der Waals surface area contributed by atoms with Crippen LogP contribution < -0.4 is 16.0 Å². The van der Waals surface area contributed by atoms with Gasteiger partial charge in [0.2, 0.25) is 5.91 Å². The molecule has 2 rings (SSSR count). The maximum atomic E-state index is 12.0. The second-order valence-corrected chi connectivity index (χ2v) is 6.20. The molecule has 2 unspecified atom stereocenters. The van der Waals surface area contributed by atoms with Crippen LogP contribution >= 0.6 is 12.4 Å². The topological polar surface area (TPSA) is 71.2 Å². The zero-order valence-corrected chi connectivity index (χ0v) is 14.9. The van der Waals surface area contributed by atoms with Crippen LogP contribution in [0.4, 0.5) is 5.82 Å². The van der Waals surface area contributed by atoms with Crippen molar-refractivity contribution in [1.82, 2.24) is 10.3 Å². The summed E-state index contributed by atoms with van der Waals surface area (Å²) in [7, 11) is 0. The summed E-state index contributed by atoms with van der Waals surface area (Å²) in [4.78, 5) is 18.8. The van der Waals surface area contributed by atoms with Crippen molar-refractivity contribution in [1.29, 1.82) is 0 Å². The number of nitrogens with one attached hydrogen (secondary N) is 1. The van der Waals surface area contributed by atoms with Gasteiger partial charge in [-0.25, -0.2) is 4.98 Å². The fourth-order valence-electron chi connectivity index (χ4n) is 2.69. The van der Waals surface area contributed by atoms with Gasteiger partial charge < -0.3 is 16.0 Å². The second-order valence-electron chi connectivity index (χ2n) is 6.20. The molecule has 1 aliphatic rings. The highest BCUT2D eigenvalue weighted by molar-refractivity contribution is 5.85. The van der Waals surface area contributed by atoms with Gasteiger partial charge in [0.1, 0.15) is 5.82 Å². The van der Waals surface area contributed by atoms with E-state index in [1.54, 1.807) is 0 Å². The summed E-state index contributed by atoms with van der Waals surface area (Å²) < 4.78 is 0. The van der Waals surface area contributed by atoms with Crippen LogP contribution in [0.15, 0.2) is 18.3 Å². The number of carbonyl (C=O) groups excluding carboxylic acids is 1. The molecule has 23 heavy (non-hydrogen) atoms. The molecular weight excluding hydrogens is 312 g/mol. The predicted octanol–water partition coefficient (Wildman–Crippen LogP) is 2.48. The average molecular weight is 341 g/mol. The Balaban J connectivity index is 0.00000264. The van der Waals surface area contributed by atoms with Gasteiger partial charge in [-0.15, -0.1) is 12.4 Å². The Hall–Kier alpha value is -1.33. The van der Waals surface area contributed by atoms with Crippen LogP contribution in [0.1, 0.15) is 45.1 Å². The van der Waals surface area contributed by atoms with E-state index < -0.39 is 6.04 Å². The number of anilines is 1. The summed E-state index contributed by atoms with van der Waals surface area (Å²) in [6.07, 6.45) is 6.49. The summed E-state index contributed by atoms with van der Waals surface area (Å²) in [6.45, 7) is 6.70. The van der Waals surface area contributed by atoms with E-state index in [0.29, 0.717) is 6.54 Å². The number of nitrogens with two attached hydrogens (primary N) is 1. The largest absolute Gasteiger partial charge is 0.357 e. The molecule has 1 fully saturated rings. The lowest BCUT2D eigenvalue weighted by atomic mass is 9.99. The quantitative estimate of drug-likeness (QED) is 0.834. The minimum absolute atomic E-state index is 0. The van der Waals surface area contributed by atoms with Crippen molar-refractivity contribution in [2.75, 3.05) is 18.0 Å². The minimum atomic E-state index is -0.437. The molecule has 0 saturated carbocycles. The Kier molecular flexibility index (Phi) is 8.34. The standard InChI is InChI=1S/C17H28N4O.ClH/c1-3-13(2)16(18)17(22)20-12-14-7-8-19-15(11-14)21-9-5-4-6-10-21;/h7-8,11,13,16H,3-6,9-10,12,18H2,1-2H3,(H,20,22);1H. The molecule has 1 amide bonds. The molecular formula is C17H29ClN4O. The van der Waals surface area contributed by atoms with Crippen molar-refractivity contribution in [2.24, 2.45) is 11.7 Å². The maximum Gasteiger partial charge on any atom is 0.237 e. The smallest absolute Gasteiger partial charge is 0.237 e. The van der Waals surface area contributed by atoms with Gasteiger partial charge in [0.15, 0.2) is 0 Å². The Morgan fingerprint density at radius 2 is 2.09 bits per heavy atom. The Morgan fingerprint density at radius 3 is 2.74 bits per heavy atom. The Labute approximate surface area is 145 Å². The molecule has 1 aliphatic heterocycles. The third-order valence-electron chi connectivity index (χ3n) is 4.52. The van der Waals surface area contributed by atoms with E-state index in [1.165, 1.54) is 19.3 Å². The summed E-state index contributed by atoms with van der Waals surface area (Å²) in [5, 5.41) is 2.93. The number of hydrogen-bond donors (Lipinski definition) is 2. The van der Waals surface area contributed by atoms with Gasteiger partial charge in [-0.3, -0.25) is 4.79 Å². The van der Waals surface area contributed by atoms with E-state index in [1.807, 2.05) is 26.1 Å². The number of piperidine rings is 1. The predicted molar refractivity (Wildman–Crippen MR) is 96.8 cm³/mol. The molecule has 130 valence electrons. The molecule has 6 heteroatoms. The molecule has 0 aliphatic carbocycles. The maximum absolute atomic E-state index is 12.0. The number of aromatic nitrogens is 1. The molecule has 0 radical (unpaired) electrons. The van der Waals surface area contributed by atoms with Gasteiger partial charge in [0, 0.05) is 25.8 Å². The molecule has 2 heterocycles. The van der Waals surface area contributed by atoms with Gasteiger partial charge in [-0.05, 0) is 42.9 Å². The Morgan fingerprint density at radius 1 is 1.39 bits per heavy atom. The van der Waals surface area contributed by atoms with Gasteiger partial charge in [0.05, 0.1) is 6.04 Å². The molecule has 0 aromatic carbocycles. The number of amides is 1. The van der Waals surface area contributed by atoms with Crippen LogP contribution in [-0.2, 0) is 11.3 Å². The minimum Gasteiger partial charge on any atom is -0.357 e. The van der Waals surface area contributed by atoms with Crippen molar-refractivity contribution in [2.45, 2.75) is 52.1 Å². The zero-order valence-electron chi connectivity index (χ0n) is 14.1. The van der Waals surface area contributed by atoms with E-state index in [4.69, 9.17) is 5.73 Å². The van der Waals surface area contributed by atoms with Gasteiger partial charge in [-0.2, -0.15) is 0 Å². The van der Waals surface area contributed by atoms with Crippen molar-refractivity contribution in [3.8, 4) is 0 Å². The van der Waals surface area contributed by atoms with Gasteiger partial charge in [0.25, 0.3) is 0 Å². The lowest BCUT2D eigenvalue weighted by Crippen LogP contribution is -2.44. The highest BCUT2D eigenvalue weighted by Gasteiger charge is 2.19.